The number of pyridine rings is 1. The van der Waals surface area contributed by atoms with Gasteiger partial charge in [-0.1, -0.05) is 29.3 Å². The fraction of sp³-hybridized carbons (Fsp3) is 0.0833. The number of nitrogens with one attached hydrogen (secondary N) is 1. The normalized spacial score (nSPS) is 11.3. The van der Waals surface area contributed by atoms with Gasteiger partial charge < -0.3 is 0 Å². The largest absolute Gasteiger partial charge is 0.278 e. The molecular weight excluding hydrogens is 307 g/mol. The maximum Gasteiger partial charge on any atom is 0.261 e. The van der Waals surface area contributed by atoms with Crippen LogP contribution in [0.5, 0.6) is 0 Å². The van der Waals surface area contributed by atoms with Crippen LogP contribution >= 0.6 is 23.2 Å². The molecule has 0 amide bonds. The number of halogens is 2. The number of nitrogens with zero attached hydrogens (tertiary/aromatic N) is 1. The summed E-state index contributed by atoms with van der Waals surface area (Å²) in [6.07, 6.45) is 1.34. The predicted molar refractivity (Wildman–Crippen MR) is 76.2 cm³/mol. The van der Waals surface area contributed by atoms with Crippen molar-refractivity contribution in [2.75, 3.05) is 4.72 Å². The average Bonchev–Trinajstić information content (AvgIpc) is 2.35. The molecule has 19 heavy (non-hydrogen) atoms. The van der Waals surface area contributed by atoms with Crippen molar-refractivity contribution in [3.8, 4) is 0 Å². The fourth-order valence-electron chi connectivity index (χ4n) is 1.39. The maximum atomic E-state index is 12.1. The molecule has 1 aromatic carbocycles. The van der Waals surface area contributed by atoms with Crippen LogP contribution in [-0.4, -0.2) is 13.4 Å². The van der Waals surface area contributed by atoms with E-state index in [9.17, 15) is 8.42 Å². The van der Waals surface area contributed by atoms with Gasteiger partial charge in [0.25, 0.3) is 10.0 Å². The van der Waals surface area contributed by atoms with E-state index in [1.54, 1.807) is 13.0 Å². The predicted octanol–water partition coefficient (Wildman–Crippen LogP) is 3.50. The Morgan fingerprint density at radius 3 is 2.47 bits per heavy atom. The Kier molecular flexibility index (Phi) is 3.99. The van der Waals surface area contributed by atoms with Crippen LogP contribution in [0, 0.1) is 6.92 Å². The van der Waals surface area contributed by atoms with Gasteiger partial charge in [0, 0.05) is 5.02 Å². The lowest BCUT2D eigenvalue weighted by molar-refractivity contribution is 0.601. The number of benzene rings is 1. The molecule has 2 aromatic rings. The third-order valence-electron chi connectivity index (χ3n) is 2.43. The van der Waals surface area contributed by atoms with Crippen molar-refractivity contribution in [1.29, 1.82) is 0 Å². The molecule has 2 rings (SSSR count). The topological polar surface area (TPSA) is 59.1 Å². The number of sulfonamides is 1. The van der Waals surface area contributed by atoms with Crippen molar-refractivity contribution in [3.63, 3.8) is 0 Å². The third-order valence-corrected chi connectivity index (χ3v) is 4.44. The molecule has 0 aliphatic heterocycles. The second-order valence-corrected chi connectivity index (χ2v) is 6.36. The quantitative estimate of drug-likeness (QED) is 0.882. The van der Waals surface area contributed by atoms with Gasteiger partial charge in [-0.2, -0.15) is 0 Å². The lowest BCUT2D eigenvalue weighted by Gasteiger charge is -2.08. The van der Waals surface area contributed by atoms with Crippen LogP contribution in [0.3, 0.4) is 0 Å². The molecule has 0 aliphatic rings. The summed E-state index contributed by atoms with van der Waals surface area (Å²) >= 11 is 11.6. The molecule has 0 saturated carbocycles. The molecule has 0 spiro atoms. The highest BCUT2D eigenvalue weighted by Crippen LogP contribution is 2.22. The summed E-state index contributed by atoms with van der Waals surface area (Å²) in [6.45, 7) is 1.80. The minimum atomic E-state index is -3.68. The van der Waals surface area contributed by atoms with Crippen molar-refractivity contribution >= 4 is 38.9 Å². The SMILES string of the molecule is Cc1ccc(S(=O)(=O)Nc2ccc(Cl)nc2)cc1Cl. The molecule has 0 fully saturated rings. The van der Waals surface area contributed by atoms with Gasteiger partial charge in [-0.25, -0.2) is 13.4 Å². The van der Waals surface area contributed by atoms with Gasteiger partial charge in [-0.05, 0) is 36.8 Å². The third kappa shape index (κ3) is 3.37. The smallest absolute Gasteiger partial charge is 0.261 e. The Labute approximate surface area is 121 Å². The fourth-order valence-corrected chi connectivity index (χ4v) is 2.82. The molecule has 1 N–H and O–H groups in total. The molecule has 0 radical (unpaired) electrons. The van der Waals surface area contributed by atoms with Crippen molar-refractivity contribution < 1.29 is 8.42 Å². The number of aromatic nitrogens is 1. The van der Waals surface area contributed by atoms with E-state index in [0.717, 1.165) is 5.56 Å². The van der Waals surface area contributed by atoms with E-state index in [2.05, 4.69) is 9.71 Å². The molecule has 100 valence electrons. The first-order chi connectivity index (χ1) is 8.88. The van der Waals surface area contributed by atoms with E-state index >= 15 is 0 Å². The molecule has 0 atom stereocenters. The lowest BCUT2D eigenvalue weighted by atomic mass is 10.2. The van der Waals surface area contributed by atoms with Crippen LogP contribution in [0.15, 0.2) is 41.4 Å². The highest BCUT2D eigenvalue weighted by Gasteiger charge is 2.15. The van der Waals surface area contributed by atoms with Gasteiger partial charge in [0.1, 0.15) is 5.15 Å². The van der Waals surface area contributed by atoms with E-state index in [4.69, 9.17) is 23.2 Å². The molecule has 0 unspecified atom stereocenters. The lowest BCUT2D eigenvalue weighted by Crippen LogP contribution is -2.13. The molecule has 7 heteroatoms. The Bertz CT molecular complexity index is 700. The van der Waals surface area contributed by atoms with E-state index < -0.39 is 10.0 Å². The summed E-state index contributed by atoms with van der Waals surface area (Å²) in [6, 6.07) is 7.58. The van der Waals surface area contributed by atoms with Crippen LogP contribution in [0.1, 0.15) is 5.56 Å². The van der Waals surface area contributed by atoms with Crippen molar-refractivity contribution in [2.24, 2.45) is 0 Å². The minimum absolute atomic E-state index is 0.0954. The summed E-state index contributed by atoms with van der Waals surface area (Å²) in [5.74, 6) is 0. The zero-order valence-corrected chi connectivity index (χ0v) is 12.2. The zero-order chi connectivity index (χ0) is 14.0. The summed E-state index contributed by atoms with van der Waals surface area (Å²) < 4.78 is 26.6. The van der Waals surface area contributed by atoms with E-state index in [1.165, 1.54) is 30.5 Å². The molecule has 1 heterocycles. The van der Waals surface area contributed by atoms with Crippen LogP contribution in [-0.2, 0) is 10.0 Å². The van der Waals surface area contributed by atoms with Crippen LogP contribution in [0.2, 0.25) is 10.2 Å². The Balaban J connectivity index is 2.32. The Morgan fingerprint density at radius 2 is 1.89 bits per heavy atom. The van der Waals surface area contributed by atoms with E-state index in [0.29, 0.717) is 15.9 Å². The standard InChI is InChI=1S/C12H10Cl2N2O2S/c1-8-2-4-10(6-11(8)13)19(17,18)16-9-3-5-12(14)15-7-9/h2-7,16H,1H3. The minimum Gasteiger partial charge on any atom is -0.278 e. The van der Waals surface area contributed by atoms with Gasteiger partial charge in [-0.3, -0.25) is 4.72 Å². The Hall–Kier alpha value is -1.30. The molecule has 0 bridgehead atoms. The summed E-state index contributed by atoms with van der Waals surface area (Å²) in [5, 5.41) is 0.693. The van der Waals surface area contributed by atoms with Crippen molar-refractivity contribution in [1.82, 2.24) is 4.98 Å². The maximum absolute atomic E-state index is 12.1. The first-order valence-corrected chi connectivity index (χ1v) is 7.53. The van der Waals surface area contributed by atoms with Crippen molar-refractivity contribution in [2.45, 2.75) is 11.8 Å². The molecule has 4 nitrogen and oxygen atoms in total. The van der Waals surface area contributed by atoms with Crippen LogP contribution in [0.25, 0.3) is 0 Å². The van der Waals surface area contributed by atoms with Gasteiger partial charge in [0.05, 0.1) is 16.8 Å². The average molecular weight is 317 g/mol. The summed E-state index contributed by atoms with van der Waals surface area (Å²) in [4.78, 5) is 3.90. The number of hydrogen-bond acceptors (Lipinski definition) is 3. The molecule has 0 aliphatic carbocycles. The first-order valence-electron chi connectivity index (χ1n) is 5.29. The van der Waals surface area contributed by atoms with Gasteiger partial charge in [-0.15, -0.1) is 0 Å². The number of anilines is 1. The summed E-state index contributed by atoms with van der Waals surface area (Å²) in [7, 11) is -3.68. The van der Waals surface area contributed by atoms with E-state index in [-0.39, 0.29) is 4.90 Å². The Morgan fingerprint density at radius 1 is 1.16 bits per heavy atom. The second-order valence-electron chi connectivity index (χ2n) is 3.89. The highest BCUT2D eigenvalue weighted by atomic mass is 35.5. The highest BCUT2D eigenvalue weighted by molar-refractivity contribution is 7.92. The van der Waals surface area contributed by atoms with Crippen molar-refractivity contribution in [3.05, 3.63) is 52.3 Å². The number of rotatable bonds is 3. The van der Waals surface area contributed by atoms with E-state index in [1.807, 2.05) is 0 Å². The molecular formula is C12H10Cl2N2O2S. The van der Waals surface area contributed by atoms with Crippen LogP contribution < -0.4 is 4.72 Å². The second kappa shape index (κ2) is 5.36. The molecule has 1 aromatic heterocycles. The summed E-state index contributed by atoms with van der Waals surface area (Å²) in [5.41, 5.74) is 1.15. The van der Waals surface area contributed by atoms with Gasteiger partial charge in [0.15, 0.2) is 0 Å². The van der Waals surface area contributed by atoms with Gasteiger partial charge in [0.2, 0.25) is 0 Å². The molecule has 0 saturated heterocycles. The first kappa shape index (κ1) is 14.1. The van der Waals surface area contributed by atoms with Crippen LogP contribution in [0.4, 0.5) is 5.69 Å². The zero-order valence-electron chi connectivity index (χ0n) is 9.89. The monoisotopic (exact) mass is 316 g/mol. The number of aryl methyl sites for hydroxylation is 1. The number of hydrogen-bond donors (Lipinski definition) is 1. The van der Waals surface area contributed by atoms with Gasteiger partial charge >= 0.3 is 0 Å².